The van der Waals surface area contributed by atoms with Crippen LogP contribution in [0.2, 0.25) is 0 Å². The molecule has 0 heterocycles. The summed E-state index contributed by atoms with van der Waals surface area (Å²) in [5.74, 6) is 1.73. The summed E-state index contributed by atoms with van der Waals surface area (Å²) in [5, 5.41) is 6.85. The van der Waals surface area contributed by atoms with Crippen molar-refractivity contribution >= 4 is 5.69 Å². The molecule has 0 fully saturated rings. The molecule has 0 spiro atoms. The SMILES string of the molecule is CCOc1ccc(OCC)c(NCCNC(C)(C)C)c1. The largest absolute Gasteiger partial charge is 0.494 e. The molecule has 0 amide bonds. The molecule has 4 heteroatoms. The number of nitrogens with one attached hydrogen (secondary N) is 2. The summed E-state index contributed by atoms with van der Waals surface area (Å²) in [6.07, 6.45) is 0. The van der Waals surface area contributed by atoms with Gasteiger partial charge in [-0.05, 0) is 46.8 Å². The van der Waals surface area contributed by atoms with Gasteiger partial charge in [-0.1, -0.05) is 0 Å². The zero-order chi connectivity index (χ0) is 15.0. The molecule has 0 bridgehead atoms. The van der Waals surface area contributed by atoms with Gasteiger partial charge >= 0.3 is 0 Å². The molecule has 20 heavy (non-hydrogen) atoms. The van der Waals surface area contributed by atoms with Gasteiger partial charge in [-0.25, -0.2) is 0 Å². The Morgan fingerprint density at radius 1 is 1.00 bits per heavy atom. The molecule has 0 aliphatic heterocycles. The molecule has 2 N–H and O–H groups in total. The Labute approximate surface area is 122 Å². The van der Waals surface area contributed by atoms with Crippen LogP contribution in [0.4, 0.5) is 5.69 Å². The van der Waals surface area contributed by atoms with Crippen LogP contribution < -0.4 is 20.1 Å². The molecule has 1 aromatic rings. The van der Waals surface area contributed by atoms with Gasteiger partial charge in [0.1, 0.15) is 11.5 Å². The number of rotatable bonds is 8. The first kappa shape index (κ1) is 16.6. The topological polar surface area (TPSA) is 42.5 Å². The van der Waals surface area contributed by atoms with Crippen molar-refractivity contribution in [2.75, 3.05) is 31.6 Å². The average molecular weight is 280 g/mol. The lowest BCUT2D eigenvalue weighted by atomic mass is 10.1. The zero-order valence-electron chi connectivity index (χ0n) is 13.4. The van der Waals surface area contributed by atoms with Gasteiger partial charge in [0.05, 0.1) is 18.9 Å². The summed E-state index contributed by atoms with van der Waals surface area (Å²) in [7, 11) is 0. The standard InChI is InChI=1S/C16H28N2O2/c1-6-19-13-8-9-15(20-7-2)14(12-13)17-10-11-18-16(3,4)5/h8-9,12,17-18H,6-7,10-11H2,1-5H3. The van der Waals surface area contributed by atoms with Crippen LogP contribution in [0, 0.1) is 0 Å². The number of benzene rings is 1. The van der Waals surface area contributed by atoms with Gasteiger partial charge in [0.15, 0.2) is 0 Å². The Bertz CT molecular complexity index is 400. The fourth-order valence-corrected chi connectivity index (χ4v) is 1.82. The van der Waals surface area contributed by atoms with E-state index in [-0.39, 0.29) is 5.54 Å². The van der Waals surface area contributed by atoms with Gasteiger partial charge in [0.2, 0.25) is 0 Å². The Hall–Kier alpha value is -1.42. The molecule has 0 saturated heterocycles. The van der Waals surface area contributed by atoms with Crippen molar-refractivity contribution in [2.45, 2.75) is 40.2 Å². The first-order valence-electron chi connectivity index (χ1n) is 7.34. The fourth-order valence-electron chi connectivity index (χ4n) is 1.82. The third-order valence-corrected chi connectivity index (χ3v) is 2.66. The molecule has 0 aliphatic rings. The second-order valence-electron chi connectivity index (χ2n) is 5.63. The average Bonchev–Trinajstić information content (AvgIpc) is 2.37. The first-order chi connectivity index (χ1) is 9.46. The van der Waals surface area contributed by atoms with Crippen molar-refractivity contribution in [3.63, 3.8) is 0 Å². The van der Waals surface area contributed by atoms with E-state index in [1.807, 2.05) is 32.0 Å². The Balaban J connectivity index is 2.62. The van der Waals surface area contributed by atoms with Crippen LogP contribution in [0.3, 0.4) is 0 Å². The van der Waals surface area contributed by atoms with Gasteiger partial charge in [0, 0.05) is 24.7 Å². The molecule has 0 unspecified atom stereocenters. The smallest absolute Gasteiger partial charge is 0.142 e. The maximum atomic E-state index is 5.63. The van der Waals surface area contributed by atoms with Crippen molar-refractivity contribution in [1.29, 1.82) is 0 Å². The van der Waals surface area contributed by atoms with E-state index >= 15 is 0 Å². The van der Waals surface area contributed by atoms with E-state index in [9.17, 15) is 0 Å². The lowest BCUT2D eigenvalue weighted by molar-refractivity contribution is 0.331. The van der Waals surface area contributed by atoms with Crippen molar-refractivity contribution in [3.05, 3.63) is 18.2 Å². The van der Waals surface area contributed by atoms with Gasteiger partial charge in [-0.2, -0.15) is 0 Å². The van der Waals surface area contributed by atoms with Crippen LogP contribution in [0.1, 0.15) is 34.6 Å². The van der Waals surface area contributed by atoms with Gasteiger partial charge in [-0.15, -0.1) is 0 Å². The summed E-state index contributed by atoms with van der Waals surface area (Å²) >= 11 is 0. The number of hydrogen-bond acceptors (Lipinski definition) is 4. The molecule has 0 aromatic heterocycles. The molecule has 1 rings (SSSR count). The molecular weight excluding hydrogens is 252 g/mol. The molecule has 0 atom stereocenters. The van der Waals surface area contributed by atoms with Crippen LogP contribution >= 0.6 is 0 Å². The minimum atomic E-state index is 0.137. The van der Waals surface area contributed by atoms with Crippen LogP contribution in [0.25, 0.3) is 0 Å². The maximum Gasteiger partial charge on any atom is 0.142 e. The summed E-state index contributed by atoms with van der Waals surface area (Å²) in [4.78, 5) is 0. The van der Waals surface area contributed by atoms with Crippen molar-refractivity contribution < 1.29 is 9.47 Å². The second kappa shape index (κ2) is 8.00. The summed E-state index contributed by atoms with van der Waals surface area (Å²) in [6.45, 7) is 13.5. The quantitative estimate of drug-likeness (QED) is 0.717. The zero-order valence-corrected chi connectivity index (χ0v) is 13.4. The third-order valence-electron chi connectivity index (χ3n) is 2.66. The van der Waals surface area contributed by atoms with E-state index in [0.29, 0.717) is 13.2 Å². The molecular formula is C16H28N2O2. The predicted molar refractivity (Wildman–Crippen MR) is 85.0 cm³/mol. The number of hydrogen-bond donors (Lipinski definition) is 2. The lowest BCUT2D eigenvalue weighted by Gasteiger charge is -2.21. The van der Waals surface area contributed by atoms with E-state index < -0.39 is 0 Å². The van der Waals surface area contributed by atoms with E-state index in [1.165, 1.54) is 0 Å². The number of anilines is 1. The highest BCUT2D eigenvalue weighted by Gasteiger charge is 2.09. The van der Waals surface area contributed by atoms with E-state index in [2.05, 4.69) is 31.4 Å². The van der Waals surface area contributed by atoms with Crippen molar-refractivity contribution in [1.82, 2.24) is 5.32 Å². The normalized spacial score (nSPS) is 11.2. The predicted octanol–water partition coefficient (Wildman–Crippen LogP) is 3.28. The Morgan fingerprint density at radius 2 is 1.70 bits per heavy atom. The molecule has 0 aliphatic carbocycles. The summed E-state index contributed by atoms with van der Waals surface area (Å²) < 4.78 is 11.2. The summed E-state index contributed by atoms with van der Waals surface area (Å²) in [6, 6.07) is 5.88. The van der Waals surface area contributed by atoms with E-state index in [1.54, 1.807) is 0 Å². The molecule has 4 nitrogen and oxygen atoms in total. The highest BCUT2D eigenvalue weighted by Crippen LogP contribution is 2.29. The Kier molecular flexibility index (Phi) is 6.65. The summed E-state index contributed by atoms with van der Waals surface area (Å²) in [5.41, 5.74) is 1.12. The molecule has 1 aromatic carbocycles. The van der Waals surface area contributed by atoms with Crippen LogP contribution in [0.5, 0.6) is 11.5 Å². The lowest BCUT2D eigenvalue weighted by Crippen LogP contribution is -2.38. The highest BCUT2D eigenvalue weighted by molar-refractivity contribution is 5.59. The molecule has 114 valence electrons. The van der Waals surface area contributed by atoms with E-state index in [4.69, 9.17) is 9.47 Å². The van der Waals surface area contributed by atoms with Crippen LogP contribution in [0.15, 0.2) is 18.2 Å². The van der Waals surface area contributed by atoms with Gasteiger partial charge < -0.3 is 20.1 Å². The van der Waals surface area contributed by atoms with Gasteiger partial charge in [-0.3, -0.25) is 0 Å². The maximum absolute atomic E-state index is 5.63. The second-order valence-corrected chi connectivity index (χ2v) is 5.63. The minimum absolute atomic E-state index is 0.137. The fraction of sp³-hybridized carbons (Fsp3) is 0.625. The van der Waals surface area contributed by atoms with Crippen molar-refractivity contribution in [3.8, 4) is 11.5 Å². The van der Waals surface area contributed by atoms with Crippen LogP contribution in [-0.2, 0) is 0 Å². The Morgan fingerprint density at radius 3 is 2.30 bits per heavy atom. The minimum Gasteiger partial charge on any atom is -0.494 e. The monoisotopic (exact) mass is 280 g/mol. The first-order valence-corrected chi connectivity index (χ1v) is 7.34. The van der Waals surface area contributed by atoms with E-state index in [0.717, 1.165) is 30.3 Å². The third kappa shape index (κ3) is 6.15. The van der Waals surface area contributed by atoms with Gasteiger partial charge in [0.25, 0.3) is 0 Å². The highest BCUT2D eigenvalue weighted by atomic mass is 16.5. The van der Waals surface area contributed by atoms with Crippen molar-refractivity contribution in [2.24, 2.45) is 0 Å². The van der Waals surface area contributed by atoms with Crippen LogP contribution in [-0.4, -0.2) is 31.8 Å². The number of ether oxygens (including phenoxy) is 2. The molecule has 0 radical (unpaired) electrons. The molecule has 0 saturated carbocycles.